The van der Waals surface area contributed by atoms with Gasteiger partial charge in [-0.05, 0) is 72.3 Å². The van der Waals surface area contributed by atoms with Crippen LogP contribution in [-0.2, 0) is 11.4 Å². The number of amidine groups is 1. The van der Waals surface area contributed by atoms with Gasteiger partial charge in [0.1, 0.15) is 6.61 Å². The number of likely N-dealkylation sites (N-methyl/N-ethyl adjacent to an activating group) is 1. The lowest BCUT2D eigenvalue weighted by Gasteiger charge is -2.12. The Morgan fingerprint density at radius 2 is 1.77 bits per heavy atom. The molecule has 0 spiro atoms. The van der Waals surface area contributed by atoms with E-state index in [0.29, 0.717) is 33.9 Å². The second-order valence-electron chi connectivity index (χ2n) is 7.91. The molecule has 1 fully saturated rings. The number of nitrogens with zero attached hydrogens (tertiary/aromatic N) is 2. The van der Waals surface area contributed by atoms with Crippen LogP contribution in [0.25, 0.3) is 6.08 Å². The van der Waals surface area contributed by atoms with Crippen LogP contribution in [0.5, 0.6) is 11.5 Å². The number of carboxylic acids is 1. The first-order valence-electron chi connectivity index (χ1n) is 10.8. The number of ether oxygens (including phenoxy) is 2. The molecule has 1 heterocycles. The summed E-state index contributed by atoms with van der Waals surface area (Å²) < 4.78 is 11.5. The number of benzene rings is 3. The number of aryl methyl sites for hydroxylation is 1. The lowest BCUT2D eigenvalue weighted by atomic mass is 10.1. The summed E-state index contributed by atoms with van der Waals surface area (Å²) in [4.78, 5) is 30.3. The highest BCUT2D eigenvalue weighted by atomic mass is 32.2. The minimum Gasteiger partial charge on any atom is -0.493 e. The molecule has 1 N–H and O–H groups in total. The number of rotatable bonds is 7. The molecule has 1 aliphatic heterocycles. The highest BCUT2D eigenvalue weighted by molar-refractivity contribution is 8.18. The smallest absolute Gasteiger partial charge is 0.335 e. The molecule has 0 aliphatic carbocycles. The molecule has 7 nitrogen and oxygen atoms in total. The van der Waals surface area contributed by atoms with Gasteiger partial charge in [0.2, 0.25) is 0 Å². The van der Waals surface area contributed by atoms with Crippen molar-refractivity contribution in [1.82, 2.24) is 4.90 Å². The summed E-state index contributed by atoms with van der Waals surface area (Å²) in [6.07, 6.45) is 1.78. The van der Waals surface area contributed by atoms with Gasteiger partial charge in [-0.15, -0.1) is 0 Å². The van der Waals surface area contributed by atoms with Crippen molar-refractivity contribution in [2.24, 2.45) is 4.99 Å². The van der Waals surface area contributed by atoms with E-state index in [1.165, 1.54) is 34.4 Å². The molecule has 8 heteroatoms. The molecule has 3 aromatic carbocycles. The summed E-state index contributed by atoms with van der Waals surface area (Å²) in [6.45, 7) is 2.46. The van der Waals surface area contributed by atoms with E-state index in [2.05, 4.69) is 4.99 Å². The van der Waals surface area contributed by atoms with E-state index in [1.807, 2.05) is 49.4 Å². The van der Waals surface area contributed by atoms with Crippen molar-refractivity contribution in [3.05, 3.63) is 93.9 Å². The van der Waals surface area contributed by atoms with E-state index in [4.69, 9.17) is 14.6 Å². The van der Waals surface area contributed by atoms with Crippen molar-refractivity contribution in [3.63, 3.8) is 0 Å². The second kappa shape index (κ2) is 10.5. The lowest BCUT2D eigenvalue weighted by molar-refractivity contribution is -0.121. The highest BCUT2D eigenvalue weighted by Crippen LogP contribution is 2.35. The molecular weight excluding hydrogens is 464 g/mol. The number of hydrogen-bond donors (Lipinski definition) is 1. The Morgan fingerprint density at radius 1 is 1.06 bits per heavy atom. The molecule has 0 unspecified atom stereocenters. The van der Waals surface area contributed by atoms with Crippen molar-refractivity contribution in [1.29, 1.82) is 0 Å². The Bertz CT molecular complexity index is 1310. The third-order valence-corrected chi connectivity index (χ3v) is 6.40. The molecule has 3 aromatic rings. The van der Waals surface area contributed by atoms with Crippen LogP contribution in [-0.4, -0.2) is 41.2 Å². The summed E-state index contributed by atoms with van der Waals surface area (Å²) in [5, 5.41) is 9.55. The van der Waals surface area contributed by atoms with Crippen molar-refractivity contribution < 1.29 is 24.2 Å². The van der Waals surface area contributed by atoms with Crippen LogP contribution in [0.3, 0.4) is 0 Å². The molecule has 1 saturated heterocycles. The quantitative estimate of drug-likeness (QED) is 0.441. The fourth-order valence-electron chi connectivity index (χ4n) is 3.33. The van der Waals surface area contributed by atoms with Crippen molar-refractivity contribution in [2.45, 2.75) is 13.5 Å². The van der Waals surface area contributed by atoms with Gasteiger partial charge in [-0.3, -0.25) is 9.69 Å². The summed E-state index contributed by atoms with van der Waals surface area (Å²) in [7, 11) is 3.23. The van der Waals surface area contributed by atoms with E-state index >= 15 is 0 Å². The van der Waals surface area contributed by atoms with E-state index in [1.54, 1.807) is 32.4 Å². The number of carbonyl (C=O) groups excluding carboxylic acids is 1. The van der Waals surface area contributed by atoms with Gasteiger partial charge in [0.25, 0.3) is 5.91 Å². The minimum absolute atomic E-state index is 0.172. The molecule has 0 atom stereocenters. The molecule has 1 amide bonds. The third kappa shape index (κ3) is 5.73. The first-order valence-corrected chi connectivity index (χ1v) is 11.6. The maximum Gasteiger partial charge on any atom is 0.335 e. The van der Waals surface area contributed by atoms with Gasteiger partial charge >= 0.3 is 5.97 Å². The first kappa shape index (κ1) is 24.1. The van der Waals surface area contributed by atoms with Gasteiger partial charge in [-0.2, -0.15) is 0 Å². The number of thioether (sulfide) groups is 1. The average molecular weight is 489 g/mol. The molecule has 178 valence electrons. The molecule has 0 saturated carbocycles. The molecular formula is C27H24N2O5S. The maximum atomic E-state index is 12.8. The summed E-state index contributed by atoms with van der Waals surface area (Å²) >= 11 is 1.25. The van der Waals surface area contributed by atoms with Gasteiger partial charge in [0.15, 0.2) is 16.7 Å². The Morgan fingerprint density at radius 3 is 2.43 bits per heavy atom. The standard InChI is InChI=1S/C27H24N2O5S/c1-17-4-6-18(7-5-17)16-34-22-13-8-19(14-23(22)33-3)15-24-25(30)29(2)27(35-24)28-21-11-9-20(10-12-21)26(31)32/h4-15H,16H2,1-3H3,(H,31,32)/b24-15-,28-27?. The first-order chi connectivity index (χ1) is 16.8. The SMILES string of the molecule is COc1cc(/C=C2\SC(=Nc3ccc(C(=O)O)cc3)N(C)C2=O)ccc1OCc1ccc(C)cc1. The second-order valence-corrected chi connectivity index (χ2v) is 8.91. The Kier molecular flexibility index (Phi) is 7.22. The number of aliphatic imine (C=N–C) groups is 1. The molecule has 0 bridgehead atoms. The topological polar surface area (TPSA) is 88.4 Å². The fraction of sp³-hybridized carbons (Fsp3) is 0.148. The van der Waals surface area contributed by atoms with Crippen LogP contribution < -0.4 is 9.47 Å². The Hall–Kier alpha value is -4.04. The summed E-state index contributed by atoms with van der Waals surface area (Å²) in [6, 6.07) is 19.8. The number of methoxy groups -OCH3 is 1. The van der Waals surface area contributed by atoms with Crippen LogP contribution >= 0.6 is 11.8 Å². The van der Waals surface area contributed by atoms with Gasteiger partial charge in [-0.1, -0.05) is 35.9 Å². The third-order valence-electron chi connectivity index (χ3n) is 5.34. The van der Waals surface area contributed by atoms with Gasteiger partial charge in [-0.25, -0.2) is 9.79 Å². The van der Waals surface area contributed by atoms with Crippen molar-refractivity contribution in [2.75, 3.05) is 14.2 Å². The zero-order valence-electron chi connectivity index (χ0n) is 19.5. The monoisotopic (exact) mass is 488 g/mol. The van der Waals surface area contributed by atoms with E-state index in [-0.39, 0.29) is 11.5 Å². The fourth-order valence-corrected chi connectivity index (χ4v) is 4.32. The van der Waals surface area contributed by atoms with Crippen LogP contribution in [0.2, 0.25) is 0 Å². The molecule has 0 radical (unpaired) electrons. The molecule has 4 rings (SSSR count). The zero-order chi connectivity index (χ0) is 24.9. The van der Waals surface area contributed by atoms with E-state index in [9.17, 15) is 9.59 Å². The summed E-state index contributed by atoms with van der Waals surface area (Å²) in [5.74, 6) is 0.0148. The van der Waals surface area contributed by atoms with Crippen LogP contribution in [0.15, 0.2) is 76.6 Å². The normalized spacial score (nSPS) is 15.6. The maximum absolute atomic E-state index is 12.8. The number of amides is 1. The number of carboxylic acid groups (broad SMARTS) is 1. The van der Waals surface area contributed by atoms with Gasteiger partial charge < -0.3 is 14.6 Å². The molecule has 1 aliphatic rings. The van der Waals surface area contributed by atoms with Gasteiger partial charge in [0, 0.05) is 7.05 Å². The average Bonchev–Trinajstić information content (AvgIpc) is 3.12. The van der Waals surface area contributed by atoms with Crippen LogP contribution in [0.4, 0.5) is 5.69 Å². The Balaban J connectivity index is 1.50. The zero-order valence-corrected chi connectivity index (χ0v) is 20.3. The van der Waals surface area contributed by atoms with Crippen LogP contribution in [0.1, 0.15) is 27.0 Å². The molecule has 0 aromatic heterocycles. The van der Waals surface area contributed by atoms with Crippen LogP contribution in [0, 0.1) is 6.92 Å². The van der Waals surface area contributed by atoms with E-state index in [0.717, 1.165) is 11.1 Å². The minimum atomic E-state index is -1.00. The van der Waals surface area contributed by atoms with Crippen molar-refractivity contribution in [3.8, 4) is 11.5 Å². The number of hydrogen-bond acceptors (Lipinski definition) is 6. The van der Waals surface area contributed by atoms with Gasteiger partial charge in [0.05, 0.1) is 23.3 Å². The predicted octanol–water partition coefficient (Wildman–Crippen LogP) is 5.51. The largest absolute Gasteiger partial charge is 0.493 e. The lowest BCUT2D eigenvalue weighted by Crippen LogP contribution is -2.23. The van der Waals surface area contributed by atoms with Crippen molar-refractivity contribution >= 4 is 40.6 Å². The Labute approximate surface area is 207 Å². The number of aromatic carboxylic acids is 1. The highest BCUT2D eigenvalue weighted by Gasteiger charge is 2.30. The number of carbonyl (C=O) groups is 2. The summed E-state index contributed by atoms with van der Waals surface area (Å²) in [5.41, 5.74) is 3.79. The molecule has 35 heavy (non-hydrogen) atoms. The predicted molar refractivity (Wildman–Crippen MR) is 137 cm³/mol. The van der Waals surface area contributed by atoms with E-state index < -0.39 is 5.97 Å².